The minimum atomic E-state index is -1.37. The highest BCUT2D eigenvalue weighted by Crippen LogP contribution is 2.31. The third-order valence-electron chi connectivity index (χ3n) is 3.52. The van der Waals surface area contributed by atoms with Crippen LogP contribution in [0.2, 0.25) is 0 Å². The number of β-amino-alcohol motifs (C(OH)–C–C–N with tert-alkyl or cyclic N) is 1. The molecule has 7 heteroatoms. The molecule has 3 atom stereocenters. The van der Waals surface area contributed by atoms with Crippen LogP contribution in [-0.4, -0.2) is 57.5 Å². The highest BCUT2D eigenvalue weighted by atomic mass is 16.5. The molecule has 0 bridgehead atoms. The van der Waals surface area contributed by atoms with E-state index in [2.05, 4.69) is 4.74 Å². The number of amides is 1. The fourth-order valence-corrected chi connectivity index (χ4v) is 2.34. The number of carbonyl (C=O) groups is 2. The van der Waals surface area contributed by atoms with Crippen LogP contribution in [0.1, 0.15) is 29.1 Å². The van der Waals surface area contributed by atoms with E-state index in [4.69, 9.17) is 0 Å². The molecule has 0 saturated heterocycles. The maximum absolute atomic E-state index is 12.2. The Labute approximate surface area is 133 Å². The first-order valence-electron chi connectivity index (χ1n) is 7.24. The van der Waals surface area contributed by atoms with Crippen molar-refractivity contribution in [3.8, 4) is 0 Å². The molecule has 1 aliphatic heterocycles. The lowest BCUT2D eigenvalue weighted by molar-refractivity contribution is -0.137. The molecule has 1 amide bonds. The van der Waals surface area contributed by atoms with Gasteiger partial charge in [-0.15, -0.1) is 0 Å². The highest BCUT2D eigenvalue weighted by molar-refractivity contribution is 5.98. The SMILES string of the molecule is CCOC(=O)/C=C/[C@@H](O)[C@@H](O)CN1C(=O)c2ccccc2C1O. The molecule has 7 nitrogen and oxygen atoms in total. The Balaban J connectivity index is 2.00. The van der Waals surface area contributed by atoms with Crippen LogP contribution in [0.4, 0.5) is 0 Å². The molecule has 1 aromatic carbocycles. The molecule has 3 N–H and O–H groups in total. The number of benzene rings is 1. The summed E-state index contributed by atoms with van der Waals surface area (Å²) >= 11 is 0. The first-order valence-corrected chi connectivity index (χ1v) is 7.24. The van der Waals surface area contributed by atoms with Gasteiger partial charge in [-0.05, 0) is 19.1 Å². The zero-order chi connectivity index (χ0) is 17.0. The lowest BCUT2D eigenvalue weighted by Gasteiger charge is -2.25. The summed E-state index contributed by atoms with van der Waals surface area (Å²) in [4.78, 5) is 24.4. The minimum Gasteiger partial charge on any atom is -0.463 e. The van der Waals surface area contributed by atoms with Gasteiger partial charge in [0.25, 0.3) is 5.91 Å². The summed E-state index contributed by atoms with van der Waals surface area (Å²) in [6.07, 6.45) is -1.80. The number of esters is 1. The molecule has 0 aliphatic carbocycles. The quantitative estimate of drug-likeness (QED) is 0.502. The van der Waals surface area contributed by atoms with E-state index in [0.717, 1.165) is 17.1 Å². The highest BCUT2D eigenvalue weighted by Gasteiger charge is 2.36. The second kappa shape index (κ2) is 7.36. The molecule has 124 valence electrons. The van der Waals surface area contributed by atoms with Crippen LogP contribution >= 0.6 is 0 Å². The number of ether oxygens (including phenoxy) is 1. The van der Waals surface area contributed by atoms with Gasteiger partial charge in [0.2, 0.25) is 0 Å². The van der Waals surface area contributed by atoms with E-state index in [1.807, 2.05) is 0 Å². The van der Waals surface area contributed by atoms with Gasteiger partial charge in [0.05, 0.1) is 13.2 Å². The summed E-state index contributed by atoms with van der Waals surface area (Å²) in [5.41, 5.74) is 0.824. The van der Waals surface area contributed by atoms with Crippen molar-refractivity contribution in [2.24, 2.45) is 0 Å². The van der Waals surface area contributed by atoms with E-state index < -0.39 is 30.3 Å². The molecule has 23 heavy (non-hydrogen) atoms. The number of hydrogen-bond acceptors (Lipinski definition) is 6. The topological polar surface area (TPSA) is 107 Å². The van der Waals surface area contributed by atoms with Crippen LogP contribution in [0, 0.1) is 0 Å². The Morgan fingerprint density at radius 1 is 1.39 bits per heavy atom. The second-order valence-corrected chi connectivity index (χ2v) is 5.09. The molecule has 2 rings (SSSR count). The summed E-state index contributed by atoms with van der Waals surface area (Å²) < 4.78 is 4.66. The van der Waals surface area contributed by atoms with E-state index in [1.165, 1.54) is 0 Å². The lowest BCUT2D eigenvalue weighted by Crippen LogP contribution is -2.40. The number of nitrogens with zero attached hydrogens (tertiary/aromatic N) is 1. The van der Waals surface area contributed by atoms with Gasteiger partial charge in [0.1, 0.15) is 12.2 Å². The molecule has 1 unspecified atom stereocenters. The monoisotopic (exact) mass is 321 g/mol. The Morgan fingerprint density at radius 3 is 2.74 bits per heavy atom. The van der Waals surface area contributed by atoms with E-state index in [-0.39, 0.29) is 13.2 Å². The Hall–Kier alpha value is -2.22. The molecule has 0 saturated carbocycles. The fourth-order valence-electron chi connectivity index (χ4n) is 2.34. The third-order valence-corrected chi connectivity index (χ3v) is 3.52. The summed E-state index contributed by atoms with van der Waals surface area (Å²) in [5, 5.41) is 29.9. The van der Waals surface area contributed by atoms with Gasteiger partial charge in [0, 0.05) is 17.2 Å². The first-order chi connectivity index (χ1) is 11.0. The molecule has 1 heterocycles. The van der Waals surface area contributed by atoms with Crippen molar-refractivity contribution in [3.63, 3.8) is 0 Å². The molecule has 0 fully saturated rings. The van der Waals surface area contributed by atoms with Gasteiger partial charge in [0.15, 0.2) is 6.23 Å². The van der Waals surface area contributed by atoms with Crippen molar-refractivity contribution in [2.45, 2.75) is 25.4 Å². The average molecular weight is 321 g/mol. The van der Waals surface area contributed by atoms with Gasteiger partial charge in [-0.25, -0.2) is 4.79 Å². The number of hydrogen-bond donors (Lipinski definition) is 3. The Kier molecular flexibility index (Phi) is 5.49. The summed E-state index contributed by atoms with van der Waals surface area (Å²) in [5.74, 6) is -1.06. The number of carbonyl (C=O) groups excluding carboxylic acids is 2. The zero-order valence-corrected chi connectivity index (χ0v) is 12.6. The normalized spacial score (nSPS) is 19.7. The van der Waals surface area contributed by atoms with Crippen molar-refractivity contribution in [1.29, 1.82) is 0 Å². The van der Waals surface area contributed by atoms with Crippen molar-refractivity contribution >= 4 is 11.9 Å². The predicted octanol–water partition coefficient (Wildman–Crippen LogP) is -0.0256. The molecule has 0 aromatic heterocycles. The van der Waals surface area contributed by atoms with E-state index in [1.54, 1.807) is 31.2 Å². The van der Waals surface area contributed by atoms with Crippen molar-refractivity contribution < 1.29 is 29.6 Å². The van der Waals surface area contributed by atoms with E-state index in [9.17, 15) is 24.9 Å². The van der Waals surface area contributed by atoms with Crippen molar-refractivity contribution in [2.75, 3.05) is 13.2 Å². The van der Waals surface area contributed by atoms with Crippen molar-refractivity contribution in [1.82, 2.24) is 4.90 Å². The van der Waals surface area contributed by atoms with Gasteiger partial charge < -0.3 is 25.0 Å². The smallest absolute Gasteiger partial charge is 0.330 e. The van der Waals surface area contributed by atoms with Crippen molar-refractivity contribution in [3.05, 3.63) is 47.5 Å². The second-order valence-electron chi connectivity index (χ2n) is 5.09. The van der Waals surface area contributed by atoms with Crippen LogP contribution in [0.25, 0.3) is 0 Å². The largest absolute Gasteiger partial charge is 0.463 e. The third kappa shape index (κ3) is 3.76. The van der Waals surface area contributed by atoms with Crippen LogP contribution in [0.15, 0.2) is 36.4 Å². The number of aliphatic hydroxyl groups excluding tert-OH is 3. The summed E-state index contributed by atoms with van der Waals surface area (Å²) in [6, 6.07) is 6.60. The molecule has 1 aromatic rings. The van der Waals surface area contributed by atoms with E-state index >= 15 is 0 Å². The molecule has 0 radical (unpaired) electrons. The number of fused-ring (bicyclic) bond motifs is 1. The minimum absolute atomic E-state index is 0.203. The van der Waals surface area contributed by atoms with Gasteiger partial charge in [-0.3, -0.25) is 4.79 Å². The van der Waals surface area contributed by atoms with Gasteiger partial charge in [-0.1, -0.05) is 18.2 Å². The van der Waals surface area contributed by atoms with Gasteiger partial charge >= 0.3 is 5.97 Å². The Morgan fingerprint density at radius 2 is 2.09 bits per heavy atom. The maximum atomic E-state index is 12.2. The number of aliphatic hydroxyl groups is 3. The molecular weight excluding hydrogens is 302 g/mol. The van der Waals surface area contributed by atoms with Gasteiger partial charge in [-0.2, -0.15) is 0 Å². The predicted molar refractivity (Wildman–Crippen MR) is 80.2 cm³/mol. The lowest BCUT2D eigenvalue weighted by atomic mass is 10.1. The summed E-state index contributed by atoms with van der Waals surface area (Å²) in [7, 11) is 0. The summed E-state index contributed by atoms with van der Waals surface area (Å²) in [6.45, 7) is 1.58. The number of rotatable bonds is 6. The Bertz CT molecular complexity index is 614. The first kappa shape index (κ1) is 17.1. The van der Waals surface area contributed by atoms with Crippen LogP contribution in [-0.2, 0) is 9.53 Å². The van der Waals surface area contributed by atoms with Crippen LogP contribution in [0.3, 0.4) is 0 Å². The molecule has 1 aliphatic rings. The molecular formula is C16H19NO6. The van der Waals surface area contributed by atoms with Crippen LogP contribution in [0.5, 0.6) is 0 Å². The fraction of sp³-hybridized carbons (Fsp3) is 0.375. The van der Waals surface area contributed by atoms with Crippen LogP contribution < -0.4 is 0 Å². The maximum Gasteiger partial charge on any atom is 0.330 e. The molecule has 0 spiro atoms. The standard InChI is InChI=1S/C16H19NO6/c1-2-23-14(20)8-7-12(18)13(19)9-17-15(21)10-5-3-4-6-11(10)16(17)22/h3-8,12-13,15,18-19,21H,2,9H2,1H3/b8-7+/t12-,13+,15?/m1/s1. The average Bonchev–Trinajstić information content (AvgIpc) is 2.78. The van der Waals surface area contributed by atoms with E-state index in [0.29, 0.717) is 11.1 Å². The zero-order valence-electron chi connectivity index (χ0n) is 12.6.